The number of hydrogen-bond acceptors (Lipinski definition) is 2. The lowest BCUT2D eigenvalue weighted by atomic mass is 10.1. The molecule has 0 saturated carbocycles. The summed E-state index contributed by atoms with van der Waals surface area (Å²) in [6.45, 7) is 5.01. The average molecular weight is 347 g/mol. The zero-order valence-electron chi connectivity index (χ0n) is 9.21. The molecule has 16 heavy (non-hydrogen) atoms. The van der Waals surface area contributed by atoms with E-state index >= 15 is 0 Å². The maximum Gasteiger partial charge on any atom is 0.218 e. The van der Waals surface area contributed by atoms with Gasteiger partial charge < -0.3 is 4.74 Å². The van der Waals surface area contributed by atoms with Crippen molar-refractivity contribution in [2.24, 2.45) is 10.9 Å². The molecule has 0 bridgehead atoms. The van der Waals surface area contributed by atoms with Gasteiger partial charge in [-0.3, -0.25) is 0 Å². The first-order valence-electron chi connectivity index (χ1n) is 5.24. The lowest BCUT2D eigenvalue weighted by molar-refractivity contribution is 0.291. The first-order chi connectivity index (χ1) is 7.59. The van der Waals surface area contributed by atoms with Crippen LogP contribution in [-0.4, -0.2) is 18.5 Å². The van der Waals surface area contributed by atoms with Crippen LogP contribution >= 0.6 is 31.9 Å². The van der Waals surface area contributed by atoms with Gasteiger partial charge in [0.2, 0.25) is 5.90 Å². The van der Waals surface area contributed by atoms with Crippen molar-refractivity contribution in [2.75, 3.05) is 6.61 Å². The minimum absolute atomic E-state index is 0.272. The zero-order chi connectivity index (χ0) is 11.7. The fraction of sp³-hybridized carbons (Fsp3) is 0.417. The van der Waals surface area contributed by atoms with Crippen LogP contribution in [0.1, 0.15) is 19.4 Å². The number of ether oxygens (including phenoxy) is 1. The standard InChI is InChI=1S/C12H13Br2NO/c1-7(2)10-6-16-12(15-10)11-8(13)4-3-5-9(11)14/h3-5,7,10H,6H2,1-2H3. The van der Waals surface area contributed by atoms with E-state index in [2.05, 4.69) is 50.7 Å². The van der Waals surface area contributed by atoms with E-state index in [4.69, 9.17) is 4.74 Å². The summed E-state index contributed by atoms with van der Waals surface area (Å²) in [6, 6.07) is 6.24. The van der Waals surface area contributed by atoms with Gasteiger partial charge in [-0.25, -0.2) is 4.99 Å². The van der Waals surface area contributed by atoms with Gasteiger partial charge in [-0.05, 0) is 49.9 Å². The zero-order valence-corrected chi connectivity index (χ0v) is 12.4. The number of halogens is 2. The van der Waals surface area contributed by atoms with E-state index in [0.717, 1.165) is 20.4 Å². The second kappa shape index (κ2) is 4.88. The molecule has 0 saturated heterocycles. The molecule has 1 atom stereocenters. The summed E-state index contributed by atoms with van der Waals surface area (Å²) < 4.78 is 7.67. The van der Waals surface area contributed by atoms with Gasteiger partial charge in [0, 0.05) is 8.95 Å². The molecule has 4 heteroatoms. The monoisotopic (exact) mass is 345 g/mol. The molecule has 1 aliphatic heterocycles. The highest BCUT2D eigenvalue weighted by atomic mass is 79.9. The van der Waals surface area contributed by atoms with Crippen LogP contribution < -0.4 is 0 Å². The van der Waals surface area contributed by atoms with Crippen LogP contribution in [0.25, 0.3) is 0 Å². The summed E-state index contributed by atoms with van der Waals surface area (Å²) in [5.41, 5.74) is 1.01. The van der Waals surface area contributed by atoms with E-state index in [1.807, 2.05) is 18.2 Å². The van der Waals surface area contributed by atoms with Gasteiger partial charge in [0.25, 0.3) is 0 Å². The molecule has 1 aromatic carbocycles. The summed E-state index contributed by atoms with van der Waals surface area (Å²) in [4.78, 5) is 4.61. The van der Waals surface area contributed by atoms with E-state index in [1.54, 1.807) is 0 Å². The minimum Gasteiger partial charge on any atom is -0.475 e. The van der Waals surface area contributed by atoms with Crippen molar-refractivity contribution in [2.45, 2.75) is 19.9 Å². The fourth-order valence-electron chi connectivity index (χ4n) is 1.57. The van der Waals surface area contributed by atoms with Crippen molar-refractivity contribution < 1.29 is 4.74 Å². The Hall–Kier alpha value is -0.350. The molecule has 0 amide bonds. The van der Waals surface area contributed by atoms with E-state index in [-0.39, 0.29) is 6.04 Å². The molecule has 1 heterocycles. The van der Waals surface area contributed by atoms with Crippen molar-refractivity contribution in [1.82, 2.24) is 0 Å². The third-order valence-electron chi connectivity index (χ3n) is 2.62. The van der Waals surface area contributed by atoms with Crippen molar-refractivity contribution in [3.05, 3.63) is 32.7 Å². The van der Waals surface area contributed by atoms with Crippen LogP contribution in [0.5, 0.6) is 0 Å². The maximum absolute atomic E-state index is 5.66. The Labute approximate surface area is 112 Å². The summed E-state index contributed by atoms with van der Waals surface area (Å²) in [7, 11) is 0. The molecule has 86 valence electrons. The summed E-state index contributed by atoms with van der Waals surface area (Å²) >= 11 is 7.05. The number of hydrogen-bond donors (Lipinski definition) is 0. The molecule has 0 N–H and O–H groups in total. The number of rotatable bonds is 2. The molecule has 0 radical (unpaired) electrons. The van der Waals surface area contributed by atoms with Crippen molar-refractivity contribution in [1.29, 1.82) is 0 Å². The van der Waals surface area contributed by atoms with Gasteiger partial charge in [-0.1, -0.05) is 19.9 Å². The first kappa shape index (κ1) is 12.1. The molecule has 0 fully saturated rings. The molecular weight excluding hydrogens is 334 g/mol. The van der Waals surface area contributed by atoms with Gasteiger partial charge in [0.05, 0.1) is 11.6 Å². The van der Waals surface area contributed by atoms with Crippen molar-refractivity contribution in [3.8, 4) is 0 Å². The molecule has 0 spiro atoms. The summed E-state index contributed by atoms with van der Waals surface area (Å²) in [6.07, 6.45) is 0. The van der Waals surface area contributed by atoms with Crippen LogP contribution in [0, 0.1) is 5.92 Å². The number of nitrogens with zero attached hydrogens (tertiary/aromatic N) is 1. The minimum atomic E-state index is 0.272. The van der Waals surface area contributed by atoms with Crippen LogP contribution in [0.2, 0.25) is 0 Å². The highest BCUT2D eigenvalue weighted by Gasteiger charge is 2.25. The van der Waals surface area contributed by atoms with Crippen LogP contribution in [-0.2, 0) is 4.74 Å². The van der Waals surface area contributed by atoms with Crippen LogP contribution in [0.15, 0.2) is 32.1 Å². The Bertz CT molecular complexity index is 409. The van der Waals surface area contributed by atoms with E-state index in [9.17, 15) is 0 Å². The second-order valence-electron chi connectivity index (χ2n) is 4.15. The van der Waals surface area contributed by atoms with Gasteiger partial charge in [-0.15, -0.1) is 0 Å². The van der Waals surface area contributed by atoms with Crippen LogP contribution in [0.4, 0.5) is 0 Å². The first-order valence-corrected chi connectivity index (χ1v) is 6.83. The predicted octanol–water partition coefficient (Wildman–Crippen LogP) is 4.01. The quantitative estimate of drug-likeness (QED) is 0.792. The molecule has 1 aliphatic rings. The highest BCUT2D eigenvalue weighted by Crippen LogP contribution is 2.29. The Morgan fingerprint density at radius 1 is 1.31 bits per heavy atom. The third-order valence-corrected chi connectivity index (χ3v) is 3.94. The molecule has 1 unspecified atom stereocenters. The largest absolute Gasteiger partial charge is 0.475 e. The lowest BCUT2D eigenvalue weighted by Crippen LogP contribution is -2.13. The fourth-order valence-corrected chi connectivity index (χ4v) is 2.91. The maximum atomic E-state index is 5.66. The van der Waals surface area contributed by atoms with Gasteiger partial charge in [-0.2, -0.15) is 0 Å². The molecule has 2 nitrogen and oxygen atoms in total. The normalized spacial score (nSPS) is 19.8. The van der Waals surface area contributed by atoms with Gasteiger partial charge in [0.15, 0.2) is 0 Å². The lowest BCUT2D eigenvalue weighted by Gasteiger charge is -2.06. The predicted molar refractivity (Wildman–Crippen MR) is 73.0 cm³/mol. The van der Waals surface area contributed by atoms with E-state index < -0.39 is 0 Å². The summed E-state index contributed by atoms with van der Waals surface area (Å²) in [5.74, 6) is 1.25. The number of aliphatic imine (C=N–C) groups is 1. The Morgan fingerprint density at radius 2 is 1.94 bits per heavy atom. The molecule has 0 aromatic heterocycles. The summed E-state index contributed by atoms with van der Waals surface area (Å²) in [5, 5.41) is 0. The average Bonchev–Trinajstić information content (AvgIpc) is 2.66. The molecule has 0 aliphatic carbocycles. The van der Waals surface area contributed by atoms with Crippen LogP contribution in [0.3, 0.4) is 0 Å². The Morgan fingerprint density at radius 3 is 2.44 bits per heavy atom. The highest BCUT2D eigenvalue weighted by molar-refractivity contribution is 9.11. The second-order valence-corrected chi connectivity index (χ2v) is 5.86. The SMILES string of the molecule is CC(C)C1COC(c2c(Br)cccc2Br)=N1. The third kappa shape index (κ3) is 2.33. The molecule has 1 aromatic rings. The van der Waals surface area contributed by atoms with Crippen molar-refractivity contribution in [3.63, 3.8) is 0 Å². The van der Waals surface area contributed by atoms with Gasteiger partial charge in [0.1, 0.15) is 6.61 Å². The topological polar surface area (TPSA) is 21.6 Å². The molecule has 2 rings (SSSR count). The molecular formula is C12H13Br2NO. The van der Waals surface area contributed by atoms with E-state index in [1.165, 1.54) is 0 Å². The smallest absolute Gasteiger partial charge is 0.218 e. The Balaban J connectivity index is 2.36. The van der Waals surface area contributed by atoms with Crippen molar-refractivity contribution >= 4 is 37.8 Å². The Kier molecular flexibility index (Phi) is 3.70. The van der Waals surface area contributed by atoms with E-state index in [0.29, 0.717) is 12.5 Å². The van der Waals surface area contributed by atoms with Gasteiger partial charge >= 0.3 is 0 Å². The number of benzene rings is 1.